The van der Waals surface area contributed by atoms with E-state index >= 15 is 0 Å². The Morgan fingerprint density at radius 1 is 0.909 bits per heavy atom. The molecule has 33 heavy (non-hydrogen) atoms. The molecule has 2 rings (SSSR count). The number of carboxylic acid groups (broad SMARTS) is 1. The lowest BCUT2D eigenvalue weighted by Gasteiger charge is -2.21. The number of carbonyl (C=O) groups excluding carboxylic acids is 1. The number of hydrogen-bond acceptors (Lipinski definition) is 6. The van der Waals surface area contributed by atoms with Crippen molar-refractivity contribution < 1.29 is 28.9 Å². The Morgan fingerprint density at radius 2 is 1.61 bits per heavy atom. The molecule has 7 heteroatoms. The predicted octanol–water partition coefficient (Wildman–Crippen LogP) is 4.68. The van der Waals surface area contributed by atoms with Gasteiger partial charge >= 0.3 is 5.97 Å². The monoisotopic (exact) mass is 457 g/mol. The molecule has 0 fully saturated rings. The van der Waals surface area contributed by atoms with Crippen molar-refractivity contribution >= 4 is 11.8 Å². The summed E-state index contributed by atoms with van der Waals surface area (Å²) in [6.07, 6.45) is 2.76. The minimum Gasteiger partial charge on any atom is -0.496 e. The Labute approximate surface area is 196 Å². The highest BCUT2D eigenvalue weighted by Crippen LogP contribution is 2.29. The number of ketones is 1. The first-order chi connectivity index (χ1) is 15.9. The van der Waals surface area contributed by atoms with E-state index in [0.717, 1.165) is 43.8 Å². The number of para-hydroxylation sites is 1. The fourth-order valence-electron chi connectivity index (χ4n) is 3.84. The Morgan fingerprint density at radius 3 is 2.24 bits per heavy atom. The van der Waals surface area contributed by atoms with Crippen LogP contribution < -0.4 is 14.2 Å². The van der Waals surface area contributed by atoms with E-state index in [-0.39, 0.29) is 0 Å². The van der Waals surface area contributed by atoms with Crippen LogP contribution in [0.2, 0.25) is 0 Å². The van der Waals surface area contributed by atoms with E-state index in [9.17, 15) is 14.7 Å². The number of benzene rings is 2. The largest absolute Gasteiger partial charge is 0.496 e. The van der Waals surface area contributed by atoms with Crippen LogP contribution in [0, 0.1) is 5.92 Å². The van der Waals surface area contributed by atoms with Crippen molar-refractivity contribution in [1.29, 1.82) is 0 Å². The number of Topliss-reactive ketones (excluding diaryl/α,β-unsaturated/α-hetero) is 1. The standard InChI is InChI=1S/C26H35NO6/c1-5-27(18-20-11-8-9-13-22(20)31-2)16-10-6-7-12-21(26(29)30)25(28)19-14-15-23(32-3)24(17-19)33-4/h8-9,11,13-15,17,21H,5-7,10,12,16,18H2,1-4H3,(H,29,30). The van der Waals surface area contributed by atoms with Crippen LogP contribution in [-0.2, 0) is 11.3 Å². The average Bonchev–Trinajstić information content (AvgIpc) is 2.84. The van der Waals surface area contributed by atoms with Gasteiger partial charge in [0.05, 0.1) is 21.3 Å². The van der Waals surface area contributed by atoms with Gasteiger partial charge in [-0.15, -0.1) is 0 Å². The van der Waals surface area contributed by atoms with Crippen molar-refractivity contribution in [3.63, 3.8) is 0 Å². The van der Waals surface area contributed by atoms with Gasteiger partial charge in [-0.3, -0.25) is 14.5 Å². The number of nitrogens with zero attached hydrogens (tertiary/aromatic N) is 1. The van der Waals surface area contributed by atoms with Crippen molar-refractivity contribution in [1.82, 2.24) is 4.90 Å². The lowest BCUT2D eigenvalue weighted by Crippen LogP contribution is -2.25. The summed E-state index contributed by atoms with van der Waals surface area (Å²) in [4.78, 5) is 27.0. The van der Waals surface area contributed by atoms with Gasteiger partial charge in [-0.2, -0.15) is 0 Å². The van der Waals surface area contributed by atoms with Crippen LogP contribution in [0.3, 0.4) is 0 Å². The Kier molecular flexibility index (Phi) is 10.7. The van der Waals surface area contributed by atoms with Gasteiger partial charge in [0, 0.05) is 17.7 Å². The van der Waals surface area contributed by atoms with Gasteiger partial charge in [-0.25, -0.2) is 0 Å². The van der Waals surface area contributed by atoms with Crippen LogP contribution in [0.25, 0.3) is 0 Å². The second-order valence-corrected chi connectivity index (χ2v) is 7.85. The number of carboxylic acids is 1. The molecular weight excluding hydrogens is 422 g/mol. The molecule has 0 aliphatic heterocycles. The normalized spacial score (nSPS) is 11.8. The highest BCUT2D eigenvalue weighted by molar-refractivity contribution is 6.08. The lowest BCUT2D eigenvalue weighted by molar-refractivity contribution is -0.140. The van der Waals surface area contributed by atoms with Crippen LogP contribution >= 0.6 is 0 Å². The summed E-state index contributed by atoms with van der Waals surface area (Å²) in [6, 6.07) is 12.7. The minimum absolute atomic E-state index is 0.307. The second kappa shape index (κ2) is 13.5. The summed E-state index contributed by atoms with van der Waals surface area (Å²) in [5.41, 5.74) is 1.46. The molecule has 0 saturated carbocycles. The first kappa shape index (κ1) is 26.2. The first-order valence-electron chi connectivity index (χ1n) is 11.3. The highest BCUT2D eigenvalue weighted by Gasteiger charge is 2.27. The number of aliphatic carboxylic acids is 1. The third-order valence-electron chi connectivity index (χ3n) is 5.78. The summed E-state index contributed by atoms with van der Waals surface area (Å²) < 4.78 is 15.9. The van der Waals surface area contributed by atoms with Crippen LogP contribution in [-0.4, -0.2) is 56.2 Å². The van der Waals surface area contributed by atoms with Crippen LogP contribution in [0.5, 0.6) is 17.2 Å². The molecule has 2 aromatic carbocycles. The molecule has 2 aromatic rings. The first-order valence-corrected chi connectivity index (χ1v) is 11.3. The van der Waals surface area contributed by atoms with Crippen molar-refractivity contribution in [2.24, 2.45) is 5.92 Å². The quantitative estimate of drug-likeness (QED) is 0.236. The third kappa shape index (κ3) is 7.49. The number of methoxy groups -OCH3 is 3. The molecule has 1 unspecified atom stereocenters. The van der Waals surface area contributed by atoms with E-state index in [0.29, 0.717) is 29.9 Å². The van der Waals surface area contributed by atoms with Gasteiger partial charge in [0.15, 0.2) is 17.3 Å². The molecule has 1 atom stereocenters. The molecule has 0 saturated heterocycles. The molecular formula is C26H35NO6. The molecule has 180 valence electrons. The zero-order valence-corrected chi connectivity index (χ0v) is 20.0. The molecule has 0 heterocycles. The van der Waals surface area contributed by atoms with E-state index in [1.54, 1.807) is 19.2 Å². The summed E-state index contributed by atoms with van der Waals surface area (Å²) in [5.74, 6) is -0.791. The molecule has 0 amide bonds. The zero-order valence-electron chi connectivity index (χ0n) is 20.0. The predicted molar refractivity (Wildman–Crippen MR) is 127 cm³/mol. The Hall–Kier alpha value is -3.06. The second-order valence-electron chi connectivity index (χ2n) is 7.85. The highest BCUT2D eigenvalue weighted by atomic mass is 16.5. The van der Waals surface area contributed by atoms with Gasteiger partial charge in [-0.1, -0.05) is 38.0 Å². The van der Waals surface area contributed by atoms with Crippen molar-refractivity contribution in [3.05, 3.63) is 53.6 Å². The van der Waals surface area contributed by atoms with Crippen LogP contribution in [0.15, 0.2) is 42.5 Å². The zero-order chi connectivity index (χ0) is 24.2. The molecule has 0 spiro atoms. The van der Waals surface area contributed by atoms with Gasteiger partial charge in [0.2, 0.25) is 0 Å². The fraction of sp³-hybridized carbons (Fsp3) is 0.462. The minimum atomic E-state index is -1.10. The fourth-order valence-corrected chi connectivity index (χ4v) is 3.84. The van der Waals surface area contributed by atoms with Crippen molar-refractivity contribution in [2.45, 2.75) is 39.2 Å². The molecule has 0 aromatic heterocycles. The van der Waals surface area contributed by atoms with Crippen molar-refractivity contribution in [2.75, 3.05) is 34.4 Å². The van der Waals surface area contributed by atoms with E-state index < -0.39 is 17.7 Å². The maximum absolute atomic E-state index is 12.8. The molecule has 0 aliphatic carbocycles. The van der Waals surface area contributed by atoms with Gasteiger partial charge < -0.3 is 19.3 Å². The molecule has 0 bridgehead atoms. The van der Waals surface area contributed by atoms with Gasteiger partial charge in [0.1, 0.15) is 11.7 Å². The van der Waals surface area contributed by atoms with E-state index in [2.05, 4.69) is 17.9 Å². The molecule has 1 N–H and O–H groups in total. The van der Waals surface area contributed by atoms with Crippen LogP contribution in [0.1, 0.15) is 48.5 Å². The summed E-state index contributed by atoms with van der Waals surface area (Å²) in [6.45, 7) is 4.73. The lowest BCUT2D eigenvalue weighted by atomic mass is 9.92. The maximum atomic E-state index is 12.8. The maximum Gasteiger partial charge on any atom is 0.314 e. The van der Waals surface area contributed by atoms with E-state index in [1.165, 1.54) is 20.3 Å². The average molecular weight is 458 g/mol. The molecule has 0 aliphatic rings. The van der Waals surface area contributed by atoms with Crippen molar-refractivity contribution in [3.8, 4) is 17.2 Å². The Balaban J connectivity index is 1.87. The van der Waals surface area contributed by atoms with Crippen LogP contribution in [0.4, 0.5) is 0 Å². The Bertz CT molecular complexity index is 913. The number of hydrogen-bond donors (Lipinski definition) is 1. The molecule has 0 radical (unpaired) electrons. The summed E-state index contributed by atoms with van der Waals surface area (Å²) in [5, 5.41) is 9.63. The number of ether oxygens (including phenoxy) is 3. The number of unbranched alkanes of at least 4 members (excludes halogenated alkanes) is 2. The third-order valence-corrected chi connectivity index (χ3v) is 5.78. The topological polar surface area (TPSA) is 85.3 Å². The van der Waals surface area contributed by atoms with E-state index in [4.69, 9.17) is 14.2 Å². The molecule has 7 nitrogen and oxygen atoms in total. The SMILES string of the molecule is CCN(CCCCCC(C(=O)O)C(=O)c1ccc(OC)c(OC)c1)Cc1ccccc1OC. The summed E-state index contributed by atoms with van der Waals surface area (Å²) in [7, 11) is 4.67. The van der Waals surface area contributed by atoms with Gasteiger partial charge in [0.25, 0.3) is 0 Å². The van der Waals surface area contributed by atoms with Gasteiger partial charge in [-0.05, 0) is 50.2 Å². The number of rotatable bonds is 15. The van der Waals surface area contributed by atoms with E-state index in [1.807, 2.05) is 18.2 Å². The summed E-state index contributed by atoms with van der Waals surface area (Å²) >= 11 is 0. The number of carbonyl (C=O) groups is 2. The smallest absolute Gasteiger partial charge is 0.314 e.